The molecule has 1 aromatic carbocycles. The van der Waals surface area contributed by atoms with Crippen LogP contribution >= 0.6 is 0 Å². The Bertz CT molecular complexity index is 517. The average molecular weight is 305 g/mol. The summed E-state index contributed by atoms with van der Waals surface area (Å²) in [5, 5.41) is 0. The van der Waals surface area contributed by atoms with Crippen molar-refractivity contribution in [3.63, 3.8) is 0 Å². The van der Waals surface area contributed by atoms with E-state index in [1.54, 1.807) is 11.8 Å². The largest absolute Gasteiger partial charge is 0.466 e. The Labute approximate surface area is 131 Å². The van der Waals surface area contributed by atoms with Crippen molar-refractivity contribution in [3.05, 3.63) is 35.9 Å². The van der Waals surface area contributed by atoms with Crippen LogP contribution in [0.3, 0.4) is 0 Å². The highest BCUT2D eigenvalue weighted by atomic mass is 16.6. The molecule has 0 saturated carbocycles. The van der Waals surface area contributed by atoms with Gasteiger partial charge in [0.2, 0.25) is 0 Å². The molecule has 0 bridgehead atoms. The number of benzene rings is 1. The van der Waals surface area contributed by atoms with E-state index in [1.165, 1.54) is 0 Å². The molecule has 0 unspecified atom stereocenters. The average Bonchev–Trinajstić information content (AvgIpc) is 2.54. The van der Waals surface area contributed by atoms with Crippen molar-refractivity contribution in [3.8, 4) is 0 Å². The van der Waals surface area contributed by atoms with Crippen molar-refractivity contribution in [2.24, 2.45) is 5.41 Å². The number of nitrogens with zero attached hydrogens (tertiary/aromatic N) is 1. The summed E-state index contributed by atoms with van der Waals surface area (Å²) < 4.78 is 10.5. The predicted molar refractivity (Wildman–Crippen MR) is 82.2 cm³/mol. The van der Waals surface area contributed by atoms with Crippen LogP contribution in [0.1, 0.15) is 32.3 Å². The summed E-state index contributed by atoms with van der Waals surface area (Å²) in [6, 6.07) is 9.54. The lowest BCUT2D eigenvalue weighted by Gasteiger charge is -2.37. The number of hydrogen-bond donors (Lipinski definition) is 0. The highest BCUT2D eigenvalue weighted by molar-refractivity contribution is 5.78. The van der Waals surface area contributed by atoms with Gasteiger partial charge in [-0.3, -0.25) is 4.79 Å². The first kappa shape index (κ1) is 16.3. The highest BCUT2D eigenvalue weighted by Crippen LogP contribution is 2.31. The third-order valence-corrected chi connectivity index (χ3v) is 3.93. The Morgan fingerprint density at radius 3 is 2.64 bits per heavy atom. The van der Waals surface area contributed by atoms with Gasteiger partial charge >= 0.3 is 12.1 Å². The number of ether oxygens (including phenoxy) is 2. The van der Waals surface area contributed by atoms with Crippen LogP contribution in [0.15, 0.2) is 30.3 Å². The van der Waals surface area contributed by atoms with E-state index in [2.05, 4.69) is 0 Å². The summed E-state index contributed by atoms with van der Waals surface area (Å²) in [5.41, 5.74) is 0.307. The van der Waals surface area contributed by atoms with Gasteiger partial charge in [-0.05, 0) is 32.3 Å². The van der Waals surface area contributed by atoms with Crippen LogP contribution in [0.2, 0.25) is 0 Å². The van der Waals surface area contributed by atoms with Crippen LogP contribution in [-0.4, -0.2) is 36.7 Å². The molecule has 0 radical (unpaired) electrons. The molecule has 0 aromatic heterocycles. The Hall–Kier alpha value is -2.04. The quantitative estimate of drug-likeness (QED) is 0.802. The Balaban J connectivity index is 1.91. The van der Waals surface area contributed by atoms with Gasteiger partial charge in [0, 0.05) is 13.1 Å². The van der Waals surface area contributed by atoms with E-state index in [9.17, 15) is 9.59 Å². The van der Waals surface area contributed by atoms with Crippen LogP contribution in [0, 0.1) is 5.41 Å². The molecule has 1 fully saturated rings. The summed E-state index contributed by atoms with van der Waals surface area (Å²) in [6.07, 6.45) is 1.13. The second-order valence-electron chi connectivity index (χ2n) is 5.85. The number of likely N-dealkylation sites (tertiary alicyclic amines) is 1. The smallest absolute Gasteiger partial charge is 0.410 e. The normalized spacial score (nSPS) is 21.3. The van der Waals surface area contributed by atoms with Crippen molar-refractivity contribution in [1.82, 2.24) is 4.90 Å². The lowest BCUT2D eigenvalue weighted by Crippen LogP contribution is -2.49. The molecule has 0 spiro atoms. The van der Waals surface area contributed by atoms with Gasteiger partial charge in [0.25, 0.3) is 0 Å². The molecular formula is C17H23NO4. The maximum absolute atomic E-state index is 12.2. The standard InChI is InChI=1S/C17H23NO4/c1-3-21-15(19)17(2)10-7-11-18(13-17)16(20)22-12-14-8-5-4-6-9-14/h4-6,8-9H,3,7,10-13H2,1-2H3/t17-/m1/s1. The monoisotopic (exact) mass is 305 g/mol. The van der Waals surface area contributed by atoms with Gasteiger partial charge in [0.05, 0.1) is 12.0 Å². The third kappa shape index (κ3) is 4.00. The van der Waals surface area contributed by atoms with E-state index >= 15 is 0 Å². The lowest BCUT2D eigenvalue weighted by atomic mass is 9.82. The zero-order chi connectivity index (χ0) is 16.0. The SMILES string of the molecule is CCOC(=O)[C@]1(C)CCCN(C(=O)OCc2ccccc2)C1. The second kappa shape index (κ2) is 7.29. The number of carbonyl (C=O) groups excluding carboxylic acids is 2. The Morgan fingerprint density at radius 1 is 1.23 bits per heavy atom. The van der Waals surface area contributed by atoms with Crippen LogP contribution in [0.25, 0.3) is 0 Å². The zero-order valence-electron chi connectivity index (χ0n) is 13.2. The van der Waals surface area contributed by atoms with E-state index in [-0.39, 0.29) is 18.7 Å². The van der Waals surface area contributed by atoms with Gasteiger partial charge in [0.15, 0.2) is 0 Å². The minimum Gasteiger partial charge on any atom is -0.466 e. The van der Waals surface area contributed by atoms with Crippen LogP contribution in [-0.2, 0) is 20.9 Å². The summed E-state index contributed by atoms with van der Waals surface area (Å²) in [4.78, 5) is 25.9. The van der Waals surface area contributed by atoms with Gasteiger partial charge in [-0.2, -0.15) is 0 Å². The van der Waals surface area contributed by atoms with Crippen LogP contribution < -0.4 is 0 Å². The minimum absolute atomic E-state index is 0.240. The number of piperidine rings is 1. The second-order valence-corrected chi connectivity index (χ2v) is 5.85. The van der Waals surface area contributed by atoms with Crippen molar-refractivity contribution < 1.29 is 19.1 Å². The minimum atomic E-state index is -0.639. The highest BCUT2D eigenvalue weighted by Gasteiger charge is 2.41. The molecule has 1 atom stereocenters. The maximum atomic E-state index is 12.2. The lowest BCUT2D eigenvalue weighted by molar-refractivity contribution is -0.157. The van der Waals surface area contributed by atoms with Crippen LogP contribution in [0.5, 0.6) is 0 Å². The fourth-order valence-corrected chi connectivity index (χ4v) is 2.68. The molecule has 1 heterocycles. The molecule has 1 aliphatic heterocycles. The maximum Gasteiger partial charge on any atom is 0.410 e. The van der Waals surface area contributed by atoms with E-state index < -0.39 is 5.41 Å². The Morgan fingerprint density at radius 2 is 1.95 bits per heavy atom. The van der Waals surface area contributed by atoms with Crippen molar-refractivity contribution >= 4 is 12.1 Å². The van der Waals surface area contributed by atoms with E-state index in [0.29, 0.717) is 19.7 Å². The summed E-state index contributed by atoms with van der Waals surface area (Å²) in [5.74, 6) is -0.240. The summed E-state index contributed by atoms with van der Waals surface area (Å²) in [6.45, 7) is 5.19. The first-order chi connectivity index (χ1) is 10.5. The molecule has 5 nitrogen and oxygen atoms in total. The third-order valence-electron chi connectivity index (χ3n) is 3.93. The number of amides is 1. The van der Waals surface area contributed by atoms with E-state index in [4.69, 9.17) is 9.47 Å². The van der Waals surface area contributed by atoms with Gasteiger partial charge in [-0.15, -0.1) is 0 Å². The van der Waals surface area contributed by atoms with E-state index in [1.807, 2.05) is 37.3 Å². The zero-order valence-corrected chi connectivity index (χ0v) is 13.2. The number of esters is 1. The van der Waals surface area contributed by atoms with Crippen LogP contribution in [0.4, 0.5) is 4.79 Å². The van der Waals surface area contributed by atoms with Gasteiger partial charge in [-0.1, -0.05) is 30.3 Å². The molecule has 5 heteroatoms. The van der Waals surface area contributed by atoms with Gasteiger partial charge in [-0.25, -0.2) is 4.79 Å². The molecule has 22 heavy (non-hydrogen) atoms. The molecule has 1 saturated heterocycles. The summed E-state index contributed by atoms with van der Waals surface area (Å²) in [7, 11) is 0. The molecule has 1 amide bonds. The van der Waals surface area contributed by atoms with Crippen molar-refractivity contribution in [2.75, 3.05) is 19.7 Å². The predicted octanol–water partition coefficient (Wildman–Crippen LogP) is 2.99. The molecule has 0 aliphatic carbocycles. The molecule has 1 aliphatic rings. The number of hydrogen-bond acceptors (Lipinski definition) is 4. The fourth-order valence-electron chi connectivity index (χ4n) is 2.68. The number of carbonyl (C=O) groups is 2. The molecule has 1 aromatic rings. The molecule has 120 valence electrons. The molecule has 2 rings (SSSR count). The number of rotatable bonds is 4. The van der Waals surface area contributed by atoms with E-state index in [0.717, 1.165) is 18.4 Å². The van der Waals surface area contributed by atoms with Gasteiger partial charge in [0.1, 0.15) is 6.61 Å². The van der Waals surface area contributed by atoms with Gasteiger partial charge < -0.3 is 14.4 Å². The topological polar surface area (TPSA) is 55.8 Å². The molecule has 0 N–H and O–H groups in total. The van der Waals surface area contributed by atoms with Crippen molar-refractivity contribution in [1.29, 1.82) is 0 Å². The van der Waals surface area contributed by atoms with Crippen molar-refractivity contribution in [2.45, 2.75) is 33.3 Å². The summed E-state index contributed by atoms with van der Waals surface area (Å²) >= 11 is 0. The first-order valence-electron chi connectivity index (χ1n) is 7.68. The Kier molecular flexibility index (Phi) is 5.41. The molecular weight excluding hydrogens is 282 g/mol. The first-order valence-corrected chi connectivity index (χ1v) is 7.68. The fraction of sp³-hybridized carbons (Fsp3) is 0.529.